The molecule has 0 bridgehead atoms. The molecule has 2 aromatic carbocycles. The average Bonchev–Trinajstić information content (AvgIpc) is 3.15. The molecule has 0 unspecified atom stereocenters. The molecule has 0 saturated carbocycles. The van der Waals surface area contributed by atoms with Crippen LogP contribution in [0.3, 0.4) is 0 Å². The molecule has 0 aliphatic carbocycles. The van der Waals surface area contributed by atoms with Gasteiger partial charge in [0.2, 0.25) is 0 Å². The fourth-order valence-electron chi connectivity index (χ4n) is 4.88. The SMILES string of the molecule is N#Cc1ccc(-c2cc(NC[C@@H]3CCCNCC3)nn2-c2ccc(N3CCS(=O)CC3)cc2)cc1F. The van der Waals surface area contributed by atoms with Crippen LogP contribution in [0.2, 0.25) is 0 Å². The first-order valence-corrected chi connectivity index (χ1v) is 14.0. The topological polar surface area (TPSA) is 86.0 Å². The van der Waals surface area contributed by atoms with Crippen LogP contribution in [-0.4, -0.2) is 58.2 Å². The van der Waals surface area contributed by atoms with Crippen LogP contribution in [0.5, 0.6) is 0 Å². The van der Waals surface area contributed by atoms with Gasteiger partial charge in [0, 0.05) is 59.3 Å². The van der Waals surface area contributed by atoms with Gasteiger partial charge in [-0.1, -0.05) is 6.07 Å². The summed E-state index contributed by atoms with van der Waals surface area (Å²) < 4.78 is 28.0. The fourth-order valence-corrected chi connectivity index (χ4v) is 5.93. The predicted molar refractivity (Wildman–Crippen MR) is 142 cm³/mol. The summed E-state index contributed by atoms with van der Waals surface area (Å²) >= 11 is 0. The summed E-state index contributed by atoms with van der Waals surface area (Å²) in [7, 11) is -0.717. The van der Waals surface area contributed by atoms with E-state index in [0.717, 1.165) is 62.0 Å². The molecule has 2 fully saturated rings. The Morgan fingerprint density at radius 1 is 1.08 bits per heavy atom. The third-order valence-corrected chi connectivity index (χ3v) is 8.27. The standard InChI is InChI=1S/C27H31FN6OS/c28-25-16-21(3-4-22(25)18-29)26-17-27(31-19-20-2-1-10-30-11-9-20)32-34(26)24-7-5-23(6-8-24)33-12-14-36(35)15-13-33/h3-8,16-17,20,30H,1-2,9-15,19H2,(H,31,32)/t20-/m1/s1. The molecule has 0 amide bonds. The molecule has 3 aromatic rings. The van der Waals surface area contributed by atoms with Crippen LogP contribution < -0.4 is 15.5 Å². The Kier molecular flexibility index (Phi) is 7.63. The maximum Gasteiger partial charge on any atom is 0.149 e. The number of anilines is 2. The minimum absolute atomic E-state index is 0.0250. The minimum Gasteiger partial charge on any atom is -0.370 e. The van der Waals surface area contributed by atoms with Crippen molar-refractivity contribution in [2.75, 3.05) is 54.4 Å². The van der Waals surface area contributed by atoms with Crippen molar-refractivity contribution >= 4 is 22.3 Å². The number of halogens is 1. The van der Waals surface area contributed by atoms with E-state index in [0.29, 0.717) is 23.0 Å². The van der Waals surface area contributed by atoms with E-state index in [4.69, 9.17) is 10.4 Å². The normalized spacial score (nSPS) is 19.0. The lowest BCUT2D eigenvalue weighted by Crippen LogP contribution is -2.37. The van der Waals surface area contributed by atoms with E-state index in [-0.39, 0.29) is 5.56 Å². The van der Waals surface area contributed by atoms with Gasteiger partial charge >= 0.3 is 0 Å². The first-order chi connectivity index (χ1) is 17.6. The second-order valence-electron chi connectivity index (χ2n) is 9.41. The van der Waals surface area contributed by atoms with Crippen LogP contribution in [0.25, 0.3) is 16.9 Å². The maximum atomic E-state index is 14.5. The number of nitrogens with one attached hydrogen (secondary N) is 2. The molecule has 3 heterocycles. The van der Waals surface area contributed by atoms with Gasteiger partial charge in [-0.3, -0.25) is 4.21 Å². The highest BCUT2D eigenvalue weighted by atomic mass is 32.2. The molecule has 9 heteroatoms. The van der Waals surface area contributed by atoms with E-state index >= 15 is 0 Å². The molecule has 2 aliphatic heterocycles. The Balaban J connectivity index is 1.42. The molecule has 188 valence electrons. The number of aromatic nitrogens is 2. The Morgan fingerprint density at radius 2 is 1.86 bits per heavy atom. The Hall–Kier alpha value is -3.22. The van der Waals surface area contributed by atoms with Crippen molar-refractivity contribution in [2.45, 2.75) is 19.3 Å². The molecular weight excluding hydrogens is 475 g/mol. The van der Waals surface area contributed by atoms with E-state index in [1.54, 1.807) is 6.07 Å². The second-order valence-corrected chi connectivity index (χ2v) is 11.1. The van der Waals surface area contributed by atoms with Gasteiger partial charge in [0.1, 0.15) is 17.7 Å². The summed E-state index contributed by atoms with van der Waals surface area (Å²) in [4.78, 5) is 2.25. The molecule has 0 radical (unpaired) electrons. The van der Waals surface area contributed by atoms with Crippen LogP contribution in [0, 0.1) is 23.1 Å². The molecular formula is C27H31FN6OS. The van der Waals surface area contributed by atoms with Crippen molar-refractivity contribution in [3.8, 4) is 23.0 Å². The van der Waals surface area contributed by atoms with Gasteiger partial charge in [-0.15, -0.1) is 5.10 Å². The predicted octanol–water partition coefficient (Wildman–Crippen LogP) is 3.92. The van der Waals surface area contributed by atoms with Crippen LogP contribution in [0.1, 0.15) is 24.8 Å². The highest BCUT2D eigenvalue weighted by molar-refractivity contribution is 7.85. The zero-order chi connectivity index (χ0) is 24.9. The third-order valence-electron chi connectivity index (χ3n) is 7.00. The zero-order valence-electron chi connectivity index (χ0n) is 20.3. The molecule has 5 rings (SSSR count). The molecule has 2 N–H and O–H groups in total. The summed E-state index contributed by atoms with van der Waals surface area (Å²) in [6.07, 6.45) is 3.49. The highest BCUT2D eigenvalue weighted by Crippen LogP contribution is 2.29. The van der Waals surface area contributed by atoms with E-state index in [9.17, 15) is 8.60 Å². The van der Waals surface area contributed by atoms with Gasteiger partial charge in [0.05, 0.1) is 16.9 Å². The van der Waals surface area contributed by atoms with Crippen LogP contribution in [-0.2, 0) is 10.8 Å². The Labute approximate surface area is 213 Å². The molecule has 1 atom stereocenters. The molecule has 1 aromatic heterocycles. The van der Waals surface area contributed by atoms with Crippen LogP contribution >= 0.6 is 0 Å². The van der Waals surface area contributed by atoms with Crippen LogP contribution in [0.15, 0.2) is 48.5 Å². The van der Waals surface area contributed by atoms with Crippen molar-refractivity contribution in [3.63, 3.8) is 0 Å². The number of hydrogen-bond acceptors (Lipinski definition) is 6. The third kappa shape index (κ3) is 5.61. The summed E-state index contributed by atoms with van der Waals surface area (Å²) in [5.74, 6) is 2.18. The van der Waals surface area contributed by atoms with Gasteiger partial charge < -0.3 is 15.5 Å². The maximum absolute atomic E-state index is 14.5. The first-order valence-electron chi connectivity index (χ1n) is 12.6. The molecule has 7 nitrogen and oxygen atoms in total. The smallest absolute Gasteiger partial charge is 0.149 e. The van der Waals surface area contributed by atoms with E-state index in [1.807, 2.05) is 29.0 Å². The molecule has 36 heavy (non-hydrogen) atoms. The average molecular weight is 507 g/mol. The van der Waals surface area contributed by atoms with E-state index < -0.39 is 16.6 Å². The largest absolute Gasteiger partial charge is 0.370 e. The highest BCUT2D eigenvalue weighted by Gasteiger charge is 2.18. The molecule has 2 saturated heterocycles. The van der Waals surface area contributed by atoms with Crippen molar-refractivity contribution in [2.24, 2.45) is 5.92 Å². The second kappa shape index (κ2) is 11.2. The minimum atomic E-state index is -0.717. The lowest BCUT2D eigenvalue weighted by atomic mass is 10.0. The Bertz CT molecular complexity index is 1250. The van der Waals surface area contributed by atoms with Gasteiger partial charge in [0.25, 0.3) is 0 Å². The lowest BCUT2D eigenvalue weighted by Gasteiger charge is -2.28. The summed E-state index contributed by atoms with van der Waals surface area (Å²) in [6.45, 7) is 4.53. The number of nitriles is 1. The van der Waals surface area contributed by atoms with Crippen molar-refractivity contribution in [1.82, 2.24) is 15.1 Å². The van der Waals surface area contributed by atoms with Gasteiger partial charge in [-0.2, -0.15) is 5.26 Å². The lowest BCUT2D eigenvalue weighted by molar-refractivity contribution is 0.496. The molecule has 2 aliphatic rings. The van der Waals surface area contributed by atoms with Gasteiger partial charge in [-0.25, -0.2) is 9.07 Å². The first kappa shape index (κ1) is 24.5. The van der Waals surface area contributed by atoms with E-state index in [2.05, 4.69) is 27.7 Å². The quantitative estimate of drug-likeness (QED) is 0.527. The van der Waals surface area contributed by atoms with Crippen molar-refractivity contribution < 1.29 is 8.60 Å². The van der Waals surface area contributed by atoms with Crippen molar-refractivity contribution in [1.29, 1.82) is 5.26 Å². The summed E-state index contributed by atoms with van der Waals surface area (Å²) in [5.41, 5.74) is 3.40. The molecule has 0 spiro atoms. The fraction of sp³-hybridized carbons (Fsp3) is 0.407. The summed E-state index contributed by atoms with van der Waals surface area (Å²) in [6, 6.07) is 16.6. The zero-order valence-corrected chi connectivity index (χ0v) is 21.1. The number of hydrogen-bond donors (Lipinski definition) is 2. The van der Waals surface area contributed by atoms with Gasteiger partial charge in [-0.05, 0) is 74.7 Å². The number of nitrogens with zero attached hydrogens (tertiary/aromatic N) is 4. The number of benzene rings is 2. The summed E-state index contributed by atoms with van der Waals surface area (Å²) in [5, 5.41) is 20.9. The number of rotatable bonds is 6. The Morgan fingerprint density at radius 3 is 2.61 bits per heavy atom. The monoisotopic (exact) mass is 506 g/mol. The van der Waals surface area contributed by atoms with Crippen LogP contribution in [0.4, 0.5) is 15.9 Å². The van der Waals surface area contributed by atoms with E-state index in [1.165, 1.54) is 25.0 Å². The van der Waals surface area contributed by atoms with Crippen molar-refractivity contribution in [3.05, 3.63) is 59.9 Å². The van der Waals surface area contributed by atoms with Gasteiger partial charge in [0.15, 0.2) is 0 Å².